The summed E-state index contributed by atoms with van der Waals surface area (Å²) >= 11 is 0. The van der Waals surface area contributed by atoms with Crippen LogP contribution in [0.4, 0.5) is 10.1 Å². The molecule has 0 aromatic heterocycles. The fourth-order valence-corrected chi connectivity index (χ4v) is 5.31. The fraction of sp³-hybridized carbons (Fsp3) is 0.400. The van der Waals surface area contributed by atoms with E-state index in [0.29, 0.717) is 6.07 Å². The van der Waals surface area contributed by atoms with Crippen molar-refractivity contribution in [1.29, 1.82) is 0 Å². The molecule has 3 amide bonds. The molecule has 0 radical (unpaired) electrons. The van der Waals surface area contributed by atoms with E-state index < -0.39 is 81.3 Å². The largest absolute Gasteiger partial charge is 0.379 e. The highest BCUT2D eigenvalue weighted by Crippen LogP contribution is 2.45. The highest BCUT2D eigenvalue weighted by Gasteiger charge is 2.70. The Morgan fingerprint density at radius 3 is 2.20 bits per heavy atom. The molecule has 3 aliphatic rings. The van der Waals surface area contributed by atoms with Gasteiger partial charge in [-0.3, -0.25) is 24.6 Å². The van der Waals surface area contributed by atoms with Crippen LogP contribution >= 0.6 is 0 Å². The first kappa shape index (κ1) is 31.7. The molecule has 238 valence electrons. The minimum Gasteiger partial charge on any atom is -0.379 e. The first-order valence-electron chi connectivity index (χ1n) is 12.7. The van der Waals surface area contributed by atoms with E-state index in [9.17, 15) is 65.4 Å². The van der Waals surface area contributed by atoms with Gasteiger partial charge in [-0.05, 0) is 24.3 Å². The number of halogens is 1. The molecule has 44 heavy (non-hydrogen) atoms. The molecule has 19 heteroatoms. The first-order valence-corrected chi connectivity index (χ1v) is 12.7. The van der Waals surface area contributed by atoms with E-state index in [-0.39, 0.29) is 36.8 Å². The van der Waals surface area contributed by atoms with Gasteiger partial charge in [0.1, 0.15) is 5.82 Å². The molecule has 2 saturated heterocycles. The van der Waals surface area contributed by atoms with Crippen molar-refractivity contribution in [3.8, 4) is 0 Å². The van der Waals surface area contributed by atoms with Gasteiger partial charge in [0.25, 0.3) is 41.2 Å². The molecular formula is C25H27FN4O14. The van der Waals surface area contributed by atoms with Gasteiger partial charge in [-0.25, -0.2) is 9.29 Å². The van der Waals surface area contributed by atoms with Crippen molar-refractivity contribution >= 4 is 23.4 Å². The average molecular weight is 627 g/mol. The van der Waals surface area contributed by atoms with Gasteiger partial charge in [0.2, 0.25) is 0 Å². The molecule has 0 bridgehead atoms. The van der Waals surface area contributed by atoms with Crippen molar-refractivity contribution in [1.82, 2.24) is 15.1 Å². The maximum Gasteiger partial charge on any atom is 0.303 e. The number of carbonyl (C=O) groups is 3. The van der Waals surface area contributed by atoms with Crippen LogP contribution in [0.3, 0.4) is 0 Å². The lowest BCUT2D eigenvalue weighted by atomic mass is 9.90. The second kappa shape index (κ2) is 10.2. The smallest absolute Gasteiger partial charge is 0.303 e. The van der Waals surface area contributed by atoms with Crippen LogP contribution in [-0.4, -0.2) is 123 Å². The van der Waals surface area contributed by atoms with Crippen molar-refractivity contribution in [3.63, 3.8) is 0 Å². The molecule has 0 aliphatic carbocycles. The molecule has 1 unspecified atom stereocenters. The second-order valence-electron chi connectivity index (χ2n) is 10.4. The van der Waals surface area contributed by atoms with Gasteiger partial charge >= 0.3 is 5.79 Å². The maximum absolute atomic E-state index is 15.2. The quantitative estimate of drug-likeness (QED) is 0.105. The number of morpholine rings is 1. The minimum atomic E-state index is -4.20. The van der Waals surface area contributed by atoms with E-state index in [2.05, 4.69) is 0 Å². The molecule has 0 spiro atoms. The van der Waals surface area contributed by atoms with Gasteiger partial charge < -0.3 is 61.1 Å². The summed E-state index contributed by atoms with van der Waals surface area (Å²) in [5, 5.41) is 109. The summed E-state index contributed by atoms with van der Waals surface area (Å²) in [6, 6.07) is 2.38. The zero-order valence-electron chi connectivity index (χ0n) is 22.2. The predicted octanol–water partition coefficient (Wildman–Crippen LogP) is -5.60. The number of ether oxygens (including phenoxy) is 1. The van der Waals surface area contributed by atoms with Crippen molar-refractivity contribution in [2.24, 2.45) is 0 Å². The summed E-state index contributed by atoms with van der Waals surface area (Å²) in [4.78, 5) is 38.4. The van der Waals surface area contributed by atoms with Crippen LogP contribution in [0.25, 0.3) is 0 Å². The Hall–Kier alpha value is -3.70. The van der Waals surface area contributed by atoms with Gasteiger partial charge in [-0.15, -0.1) is 0 Å². The Morgan fingerprint density at radius 2 is 1.59 bits per heavy atom. The third kappa shape index (κ3) is 4.63. The Bertz CT molecular complexity index is 1540. The molecule has 2 aromatic rings. The molecule has 12 N–H and O–H groups in total. The zero-order valence-corrected chi connectivity index (χ0v) is 22.2. The number of hydrogen-bond acceptors (Lipinski definition) is 16. The van der Waals surface area contributed by atoms with E-state index in [1.165, 1.54) is 10.2 Å². The standard InChI is InChI=1S/C25H27FN4O14/c26-14-10-11(24(40,41)29-6-8-44-9-7-29)4-5-13(14)23(38,39)28-15-3-1-2-12-16(15)25(42,43)30(19(12)32)17-18(31)27-20(33)22(36,37)21(17,34)35/h1-5,10,17,28,34-43H,6-9H2,(H,27,31,33). The van der Waals surface area contributed by atoms with Crippen LogP contribution in [0.1, 0.15) is 27.0 Å². The van der Waals surface area contributed by atoms with E-state index in [4.69, 9.17) is 4.74 Å². The van der Waals surface area contributed by atoms with E-state index in [0.717, 1.165) is 30.3 Å². The minimum absolute atomic E-state index is 0.0882. The Kier molecular flexibility index (Phi) is 7.33. The normalized spacial score (nSPS) is 23.4. The number of benzene rings is 2. The predicted molar refractivity (Wildman–Crippen MR) is 135 cm³/mol. The van der Waals surface area contributed by atoms with Crippen LogP contribution in [-0.2, 0) is 32.1 Å². The molecular weight excluding hydrogens is 599 g/mol. The lowest BCUT2D eigenvalue weighted by molar-refractivity contribution is -0.373. The zero-order chi connectivity index (χ0) is 32.6. The van der Waals surface area contributed by atoms with Crippen molar-refractivity contribution in [3.05, 3.63) is 64.5 Å². The number of imide groups is 1. The average Bonchev–Trinajstić information content (AvgIpc) is 3.13. The number of nitrogens with one attached hydrogen (secondary N) is 2. The summed E-state index contributed by atoms with van der Waals surface area (Å²) < 4.78 is 20.4. The van der Waals surface area contributed by atoms with Gasteiger partial charge in [-0.2, -0.15) is 0 Å². The van der Waals surface area contributed by atoms with Gasteiger partial charge in [-0.1, -0.05) is 12.1 Å². The molecule has 2 aromatic carbocycles. The van der Waals surface area contributed by atoms with Crippen LogP contribution in [0.2, 0.25) is 0 Å². The van der Waals surface area contributed by atoms with Crippen LogP contribution in [0, 0.1) is 5.82 Å². The molecule has 3 aliphatic heterocycles. The van der Waals surface area contributed by atoms with E-state index in [1.807, 2.05) is 5.32 Å². The van der Waals surface area contributed by atoms with Crippen LogP contribution in [0.15, 0.2) is 36.4 Å². The molecule has 1 atom stereocenters. The molecule has 18 nitrogen and oxygen atoms in total. The molecule has 2 fully saturated rings. The summed E-state index contributed by atoms with van der Waals surface area (Å²) in [5.74, 6) is -24.8. The number of fused-ring (bicyclic) bond motifs is 1. The molecule has 3 heterocycles. The Labute approximate surface area is 245 Å². The third-order valence-electron chi connectivity index (χ3n) is 7.63. The van der Waals surface area contributed by atoms with Gasteiger partial charge in [0, 0.05) is 24.3 Å². The lowest BCUT2D eigenvalue weighted by Crippen LogP contribution is -2.80. The number of anilines is 1. The van der Waals surface area contributed by atoms with Crippen molar-refractivity contribution in [2.75, 3.05) is 31.6 Å². The summed E-state index contributed by atoms with van der Waals surface area (Å²) in [5.41, 5.74) is -3.62. The topological polar surface area (TPSA) is 293 Å². The number of nitrogens with zero attached hydrogens (tertiary/aromatic N) is 2. The number of rotatable bonds is 6. The molecule has 0 saturated carbocycles. The Balaban J connectivity index is 1.49. The van der Waals surface area contributed by atoms with Crippen molar-refractivity contribution < 1.29 is 74.6 Å². The van der Waals surface area contributed by atoms with Crippen LogP contribution < -0.4 is 10.6 Å². The highest BCUT2D eigenvalue weighted by molar-refractivity contribution is 6.09. The Morgan fingerprint density at radius 1 is 0.955 bits per heavy atom. The fourth-order valence-electron chi connectivity index (χ4n) is 5.31. The van der Waals surface area contributed by atoms with Crippen molar-refractivity contribution in [2.45, 2.75) is 35.3 Å². The summed E-state index contributed by atoms with van der Waals surface area (Å²) in [7, 11) is 0. The third-order valence-corrected chi connectivity index (χ3v) is 7.63. The first-order chi connectivity index (χ1) is 20.3. The molecule has 5 rings (SSSR count). The van der Waals surface area contributed by atoms with Crippen LogP contribution in [0.5, 0.6) is 0 Å². The number of hydrogen-bond donors (Lipinski definition) is 12. The number of aliphatic hydroxyl groups is 10. The number of amides is 3. The lowest BCUT2D eigenvalue weighted by Gasteiger charge is -2.47. The maximum atomic E-state index is 15.2. The van der Waals surface area contributed by atoms with E-state index in [1.54, 1.807) is 0 Å². The SMILES string of the molecule is O=C1NC(=O)C(O)(O)C(O)(O)C1N1C(=O)c2cccc(NC(O)(O)c3ccc(C(O)(O)N4CCOCC4)cc3F)c2C1(O)O. The monoisotopic (exact) mass is 626 g/mol. The second-order valence-corrected chi connectivity index (χ2v) is 10.4. The highest BCUT2D eigenvalue weighted by atomic mass is 19.1. The number of piperidine rings is 1. The van der Waals surface area contributed by atoms with E-state index >= 15 is 4.39 Å². The van der Waals surface area contributed by atoms with Gasteiger partial charge in [0.15, 0.2) is 6.04 Å². The summed E-state index contributed by atoms with van der Waals surface area (Å²) in [6.07, 6.45) is 0. The number of carbonyl (C=O) groups excluding carboxylic acids is 3. The van der Waals surface area contributed by atoms with Gasteiger partial charge in [0.05, 0.1) is 29.9 Å². The summed E-state index contributed by atoms with van der Waals surface area (Å²) in [6.45, 7) is 0.518.